The zero-order valence-corrected chi connectivity index (χ0v) is 15.0. The van der Waals surface area contributed by atoms with E-state index in [2.05, 4.69) is 33.3 Å². The van der Waals surface area contributed by atoms with Crippen LogP contribution >= 0.6 is 11.3 Å². The minimum Gasteiger partial charge on any atom is -0.321 e. The molecule has 7 heteroatoms. The number of urea groups is 1. The van der Waals surface area contributed by atoms with E-state index < -0.39 is 0 Å². The molecule has 0 saturated carbocycles. The fourth-order valence-corrected chi connectivity index (χ4v) is 3.44. The molecule has 6 nitrogen and oxygen atoms in total. The molecule has 1 aliphatic rings. The Balaban J connectivity index is 1.42. The van der Waals surface area contributed by atoms with Gasteiger partial charge in [0.1, 0.15) is 0 Å². The summed E-state index contributed by atoms with van der Waals surface area (Å²) in [5.74, 6) is -0.315. The molecule has 0 bridgehead atoms. The van der Waals surface area contributed by atoms with Gasteiger partial charge in [0.05, 0.1) is 0 Å². The molecule has 132 valence electrons. The van der Waals surface area contributed by atoms with Crippen molar-refractivity contribution in [1.29, 1.82) is 0 Å². The zero-order valence-electron chi connectivity index (χ0n) is 14.2. The highest BCUT2D eigenvalue weighted by atomic mass is 32.1. The number of benzene rings is 1. The molecule has 0 unspecified atom stereocenters. The van der Waals surface area contributed by atoms with E-state index >= 15 is 0 Å². The lowest BCUT2D eigenvalue weighted by Crippen LogP contribution is -2.54. The van der Waals surface area contributed by atoms with Gasteiger partial charge in [0, 0.05) is 43.2 Å². The van der Waals surface area contributed by atoms with Crippen LogP contribution in [0.3, 0.4) is 0 Å². The molecule has 0 aliphatic carbocycles. The van der Waals surface area contributed by atoms with Crippen molar-refractivity contribution >= 4 is 23.3 Å². The van der Waals surface area contributed by atoms with Gasteiger partial charge < -0.3 is 4.90 Å². The first-order valence-electron chi connectivity index (χ1n) is 8.28. The van der Waals surface area contributed by atoms with Gasteiger partial charge in [0.25, 0.3) is 5.91 Å². The van der Waals surface area contributed by atoms with Crippen molar-refractivity contribution in [2.45, 2.75) is 13.5 Å². The summed E-state index contributed by atoms with van der Waals surface area (Å²) >= 11 is 1.75. The quantitative estimate of drug-likeness (QED) is 0.827. The normalized spacial score (nSPS) is 15.0. The average molecular weight is 358 g/mol. The van der Waals surface area contributed by atoms with Crippen LogP contribution in [-0.2, 0) is 6.54 Å². The van der Waals surface area contributed by atoms with E-state index in [-0.39, 0.29) is 11.9 Å². The molecule has 1 aromatic heterocycles. The topological polar surface area (TPSA) is 64.7 Å². The molecule has 0 atom stereocenters. The number of hydrogen-bond acceptors (Lipinski definition) is 4. The minimum atomic E-state index is -0.315. The standard InChI is InChI=1S/C18H22N4O2S/c1-14-4-6-15(7-5-14)17(23)19-20-18(24)22-10-8-21(9-11-22)13-16-3-2-12-25-16/h2-7,12H,8-11,13H2,1H3,(H,19,23)(H,20,24). The van der Waals surface area contributed by atoms with Gasteiger partial charge in [0.15, 0.2) is 0 Å². The molecule has 1 fully saturated rings. The number of rotatable bonds is 3. The number of carbonyl (C=O) groups excluding carboxylic acids is 2. The van der Waals surface area contributed by atoms with Gasteiger partial charge in [-0.05, 0) is 30.5 Å². The van der Waals surface area contributed by atoms with Gasteiger partial charge >= 0.3 is 6.03 Å². The molecular weight excluding hydrogens is 336 g/mol. The lowest BCUT2D eigenvalue weighted by atomic mass is 10.1. The van der Waals surface area contributed by atoms with Crippen LogP contribution in [0.1, 0.15) is 20.8 Å². The van der Waals surface area contributed by atoms with Crippen molar-refractivity contribution in [2.24, 2.45) is 0 Å². The predicted molar refractivity (Wildman–Crippen MR) is 98.3 cm³/mol. The van der Waals surface area contributed by atoms with Crippen molar-refractivity contribution in [2.75, 3.05) is 26.2 Å². The first kappa shape index (κ1) is 17.4. The van der Waals surface area contributed by atoms with E-state index in [0.29, 0.717) is 18.7 Å². The van der Waals surface area contributed by atoms with Crippen LogP contribution in [0.2, 0.25) is 0 Å². The van der Waals surface area contributed by atoms with Gasteiger partial charge in [-0.15, -0.1) is 11.3 Å². The Morgan fingerprint density at radius 1 is 1.04 bits per heavy atom. The van der Waals surface area contributed by atoms with E-state index in [1.165, 1.54) is 4.88 Å². The third-order valence-electron chi connectivity index (χ3n) is 4.22. The van der Waals surface area contributed by atoms with Gasteiger partial charge in [0.2, 0.25) is 0 Å². The van der Waals surface area contributed by atoms with Gasteiger partial charge in [-0.25, -0.2) is 10.2 Å². The molecule has 3 amide bonds. The number of aryl methyl sites for hydroxylation is 1. The second-order valence-corrected chi connectivity index (χ2v) is 7.13. The number of nitrogens with zero attached hydrogens (tertiary/aromatic N) is 2. The van der Waals surface area contributed by atoms with E-state index in [1.54, 1.807) is 28.4 Å². The van der Waals surface area contributed by atoms with E-state index in [1.807, 2.05) is 19.1 Å². The molecule has 1 saturated heterocycles. The lowest BCUT2D eigenvalue weighted by molar-refractivity contribution is 0.0919. The summed E-state index contributed by atoms with van der Waals surface area (Å²) in [7, 11) is 0. The van der Waals surface area contributed by atoms with Crippen LogP contribution in [0.25, 0.3) is 0 Å². The Kier molecular flexibility index (Phi) is 5.67. The van der Waals surface area contributed by atoms with Gasteiger partial charge in [-0.1, -0.05) is 23.8 Å². The predicted octanol–water partition coefficient (Wildman–Crippen LogP) is 2.23. The summed E-state index contributed by atoms with van der Waals surface area (Å²) in [6, 6.07) is 11.1. The fraction of sp³-hybridized carbons (Fsp3) is 0.333. The minimum absolute atomic E-state index is 0.267. The third kappa shape index (κ3) is 4.80. The molecule has 1 aliphatic heterocycles. The molecule has 0 radical (unpaired) electrons. The summed E-state index contributed by atoms with van der Waals surface area (Å²) in [6.45, 7) is 5.85. The van der Waals surface area contributed by atoms with Crippen LogP contribution < -0.4 is 10.9 Å². The van der Waals surface area contributed by atoms with Crippen LogP contribution in [0.4, 0.5) is 4.79 Å². The molecule has 25 heavy (non-hydrogen) atoms. The SMILES string of the molecule is Cc1ccc(C(=O)NNC(=O)N2CCN(Cc3cccs3)CC2)cc1. The van der Waals surface area contributed by atoms with Crippen LogP contribution in [0.5, 0.6) is 0 Å². The second-order valence-electron chi connectivity index (χ2n) is 6.09. The summed E-state index contributed by atoms with van der Waals surface area (Å²) in [6.07, 6.45) is 0. The van der Waals surface area contributed by atoms with Crippen molar-refractivity contribution in [3.63, 3.8) is 0 Å². The molecule has 0 spiro atoms. The van der Waals surface area contributed by atoms with Crippen molar-refractivity contribution in [1.82, 2.24) is 20.7 Å². The molecule has 2 N–H and O–H groups in total. The number of hydrogen-bond donors (Lipinski definition) is 2. The number of carbonyl (C=O) groups is 2. The molecule has 2 heterocycles. The van der Waals surface area contributed by atoms with Gasteiger partial charge in [-0.3, -0.25) is 15.1 Å². The maximum absolute atomic E-state index is 12.2. The van der Waals surface area contributed by atoms with E-state index in [9.17, 15) is 9.59 Å². The first-order valence-corrected chi connectivity index (χ1v) is 9.16. The average Bonchev–Trinajstić information content (AvgIpc) is 3.13. The van der Waals surface area contributed by atoms with Crippen LogP contribution in [-0.4, -0.2) is 47.9 Å². The number of hydrazine groups is 1. The first-order chi connectivity index (χ1) is 12.1. The Morgan fingerprint density at radius 2 is 1.76 bits per heavy atom. The number of nitrogens with one attached hydrogen (secondary N) is 2. The van der Waals surface area contributed by atoms with E-state index in [0.717, 1.165) is 25.2 Å². The molecular formula is C18H22N4O2S. The highest BCUT2D eigenvalue weighted by Gasteiger charge is 2.21. The highest BCUT2D eigenvalue weighted by molar-refractivity contribution is 7.09. The van der Waals surface area contributed by atoms with Crippen LogP contribution in [0.15, 0.2) is 41.8 Å². The molecule has 1 aromatic carbocycles. The molecule has 3 rings (SSSR count). The van der Waals surface area contributed by atoms with Gasteiger partial charge in [-0.2, -0.15) is 0 Å². The maximum Gasteiger partial charge on any atom is 0.336 e. The third-order valence-corrected chi connectivity index (χ3v) is 5.08. The Labute approximate surface area is 151 Å². The van der Waals surface area contributed by atoms with Crippen molar-refractivity contribution in [3.05, 3.63) is 57.8 Å². The van der Waals surface area contributed by atoms with Crippen LogP contribution in [0, 0.1) is 6.92 Å². The summed E-state index contributed by atoms with van der Waals surface area (Å²) in [4.78, 5) is 29.6. The Hall–Kier alpha value is -2.38. The number of piperazine rings is 1. The van der Waals surface area contributed by atoms with Crippen molar-refractivity contribution < 1.29 is 9.59 Å². The smallest absolute Gasteiger partial charge is 0.321 e. The second kappa shape index (κ2) is 8.13. The summed E-state index contributed by atoms with van der Waals surface area (Å²) < 4.78 is 0. The number of thiophene rings is 1. The Morgan fingerprint density at radius 3 is 2.40 bits per heavy atom. The molecule has 2 aromatic rings. The van der Waals surface area contributed by atoms with E-state index in [4.69, 9.17) is 0 Å². The maximum atomic E-state index is 12.2. The monoisotopic (exact) mass is 358 g/mol. The van der Waals surface area contributed by atoms with Crippen molar-refractivity contribution in [3.8, 4) is 0 Å². The fourth-order valence-electron chi connectivity index (χ4n) is 2.70. The summed E-state index contributed by atoms with van der Waals surface area (Å²) in [5, 5.41) is 2.08. The zero-order chi connectivity index (χ0) is 17.6. The highest BCUT2D eigenvalue weighted by Crippen LogP contribution is 2.13. The number of amides is 3. The largest absolute Gasteiger partial charge is 0.336 e. The lowest BCUT2D eigenvalue weighted by Gasteiger charge is -2.34. The Bertz CT molecular complexity index is 707. The summed E-state index contributed by atoms with van der Waals surface area (Å²) in [5.41, 5.74) is 6.57.